The first-order valence-corrected chi connectivity index (χ1v) is 6.48. The maximum absolute atomic E-state index is 13.5. The van der Waals surface area contributed by atoms with Crippen LogP contribution in [0.15, 0.2) is 24.3 Å². The number of allylic oxidation sites excluding steroid dienone is 1. The summed E-state index contributed by atoms with van der Waals surface area (Å²) in [6, 6.07) is 5.32. The molecule has 1 aliphatic carbocycles. The van der Waals surface area contributed by atoms with Crippen molar-refractivity contribution in [1.29, 1.82) is 0 Å². The number of halogens is 1. The molecule has 0 N–H and O–H groups in total. The van der Waals surface area contributed by atoms with E-state index in [0.717, 1.165) is 29.1 Å². The van der Waals surface area contributed by atoms with Crippen LogP contribution in [0.5, 0.6) is 0 Å². The van der Waals surface area contributed by atoms with Crippen molar-refractivity contribution in [3.8, 4) is 10.6 Å². The molecule has 3 heteroatoms. The first-order chi connectivity index (χ1) is 8.24. The van der Waals surface area contributed by atoms with Crippen molar-refractivity contribution in [1.82, 2.24) is 4.98 Å². The van der Waals surface area contributed by atoms with E-state index in [-0.39, 0.29) is 5.82 Å². The van der Waals surface area contributed by atoms with Gasteiger partial charge in [-0.1, -0.05) is 18.2 Å². The van der Waals surface area contributed by atoms with Crippen LogP contribution in [0, 0.1) is 12.7 Å². The molecule has 2 aromatic rings. The first-order valence-electron chi connectivity index (χ1n) is 5.67. The molecular formula is C14H12FNS. The van der Waals surface area contributed by atoms with Crippen LogP contribution in [0.25, 0.3) is 16.6 Å². The molecule has 17 heavy (non-hydrogen) atoms. The Balaban J connectivity index is 2.06. The number of aryl methyl sites for hydroxylation is 2. The number of aromatic nitrogens is 1. The molecular weight excluding hydrogens is 233 g/mol. The lowest BCUT2D eigenvalue weighted by atomic mass is 10.1. The van der Waals surface area contributed by atoms with Gasteiger partial charge in [0, 0.05) is 5.56 Å². The molecule has 3 rings (SSSR count). The summed E-state index contributed by atoms with van der Waals surface area (Å²) in [6.07, 6.45) is 6.33. The Morgan fingerprint density at radius 3 is 3.00 bits per heavy atom. The molecule has 1 heterocycles. The van der Waals surface area contributed by atoms with E-state index in [1.807, 2.05) is 6.07 Å². The molecule has 0 unspecified atom stereocenters. The predicted octanol–water partition coefficient (Wildman–Crippen LogP) is 4.22. The van der Waals surface area contributed by atoms with Gasteiger partial charge in [-0.15, -0.1) is 11.3 Å². The van der Waals surface area contributed by atoms with Gasteiger partial charge in [0.25, 0.3) is 0 Å². The van der Waals surface area contributed by atoms with Gasteiger partial charge in [-0.25, -0.2) is 9.37 Å². The number of hydrogen-bond donors (Lipinski definition) is 0. The average molecular weight is 245 g/mol. The fraction of sp³-hybridized carbons (Fsp3) is 0.214. The van der Waals surface area contributed by atoms with Crippen molar-refractivity contribution in [2.45, 2.75) is 19.8 Å². The van der Waals surface area contributed by atoms with Crippen LogP contribution in [0.3, 0.4) is 0 Å². The zero-order chi connectivity index (χ0) is 11.8. The fourth-order valence-corrected chi connectivity index (χ4v) is 2.97. The van der Waals surface area contributed by atoms with Gasteiger partial charge in [-0.05, 0) is 37.5 Å². The molecule has 0 saturated heterocycles. The van der Waals surface area contributed by atoms with Crippen molar-refractivity contribution >= 4 is 17.4 Å². The van der Waals surface area contributed by atoms with E-state index in [1.54, 1.807) is 30.4 Å². The van der Waals surface area contributed by atoms with Gasteiger partial charge >= 0.3 is 0 Å². The quantitative estimate of drug-likeness (QED) is 0.733. The second-order valence-electron chi connectivity index (χ2n) is 4.23. The van der Waals surface area contributed by atoms with Gasteiger partial charge in [0.05, 0.1) is 10.6 Å². The van der Waals surface area contributed by atoms with Crippen molar-refractivity contribution < 1.29 is 4.39 Å². The van der Waals surface area contributed by atoms with Gasteiger partial charge in [-0.3, -0.25) is 0 Å². The monoisotopic (exact) mass is 245 g/mol. The summed E-state index contributed by atoms with van der Waals surface area (Å²) in [7, 11) is 0. The Bertz CT molecular complexity index is 598. The van der Waals surface area contributed by atoms with E-state index in [4.69, 9.17) is 0 Å². The molecule has 0 radical (unpaired) electrons. The van der Waals surface area contributed by atoms with Gasteiger partial charge in [0.15, 0.2) is 0 Å². The van der Waals surface area contributed by atoms with Gasteiger partial charge < -0.3 is 0 Å². The molecule has 0 atom stereocenters. The second-order valence-corrected chi connectivity index (χ2v) is 5.27. The summed E-state index contributed by atoms with van der Waals surface area (Å²) in [4.78, 5) is 5.81. The smallest absolute Gasteiger partial charge is 0.126 e. The van der Waals surface area contributed by atoms with Gasteiger partial charge in [0.2, 0.25) is 0 Å². The highest BCUT2D eigenvalue weighted by Gasteiger charge is 2.13. The van der Waals surface area contributed by atoms with Crippen molar-refractivity contribution in [2.24, 2.45) is 0 Å². The molecule has 0 saturated carbocycles. The van der Waals surface area contributed by atoms with E-state index in [9.17, 15) is 4.39 Å². The minimum atomic E-state index is -0.161. The minimum absolute atomic E-state index is 0.161. The van der Waals surface area contributed by atoms with E-state index in [0.29, 0.717) is 5.56 Å². The van der Waals surface area contributed by atoms with Crippen LogP contribution in [0.4, 0.5) is 4.39 Å². The maximum atomic E-state index is 13.5. The molecule has 86 valence electrons. The normalized spacial score (nSPS) is 13.8. The number of fused-ring (bicyclic) bond motifs is 1. The number of rotatable bonds is 1. The highest BCUT2D eigenvalue weighted by molar-refractivity contribution is 7.16. The predicted molar refractivity (Wildman–Crippen MR) is 69.6 cm³/mol. The lowest BCUT2D eigenvalue weighted by molar-refractivity contribution is 0.619. The molecule has 1 nitrogen and oxygen atoms in total. The highest BCUT2D eigenvalue weighted by Crippen LogP contribution is 2.32. The second kappa shape index (κ2) is 4.08. The average Bonchev–Trinajstić information content (AvgIpc) is 2.76. The lowest BCUT2D eigenvalue weighted by Crippen LogP contribution is -1.90. The van der Waals surface area contributed by atoms with Crippen LogP contribution < -0.4 is 0 Å². The van der Waals surface area contributed by atoms with Crippen LogP contribution in [-0.2, 0) is 6.42 Å². The standard InChI is InChI=1S/C14H12FNS/c1-9-6-7-10(8-11(9)15)14-16-12-4-2-3-5-13(12)17-14/h3,5-8H,2,4H2,1H3. The van der Waals surface area contributed by atoms with E-state index >= 15 is 0 Å². The molecule has 0 amide bonds. The molecule has 0 aliphatic heterocycles. The van der Waals surface area contributed by atoms with Gasteiger partial charge in [-0.2, -0.15) is 0 Å². The van der Waals surface area contributed by atoms with Crippen molar-refractivity contribution in [2.75, 3.05) is 0 Å². The Kier molecular flexibility index (Phi) is 2.56. The zero-order valence-corrected chi connectivity index (χ0v) is 10.4. The summed E-state index contributed by atoms with van der Waals surface area (Å²) in [5.41, 5.74) is 2.70. The van der Waals surface area contributed by atoms with E-state index < -0.39 is 0 Å². The third kappa shape index (κ3) is 1.91. The van der Waals surface area contributed by atoms with Crippen molar-refractivity contribution in [3.05, 3.63) is 46.2 Å². The summed E-state index contributed by atoms with van der Waals surface area (Å²) < 4.78 is 13.5. The summed E-state index contributed by atoms with van der Waals surface area (Å²) in [5, 5.41) is 0.917. The zero-order valence-electron chi connectivity index (χ0n) is 9.53. The summed E-state index contributed by atoms with van der Waals surface area (Å²) in [5.74, 6) is -0.161. The maximum Gasteiger partial charge on any atom is 0.126 e. The fourth-order valence-electron chi connectivity index (χ4n) is 1.93. The Morgan fingerprint density at radius 1 is 1.35 bits per heavy atom. The Labute approximate surface area is 104 Å². The Hall–Kier alpha value is -1.48. The van der Waals surface area contributed by atoms with Crippen LogP contribution in [0.2, 0.25) is 0 Å². The molecule has 0 fully saturated rings. The molecule has 1 aromatic heterocycles. The summed E-state index contributed by atoms with van der Waals surface area (Å²) in [6.45, 7) is 1.77. The summed E-state index contributed by atoms with van der Waals surface area (Å²) >= 11 is 1.64. The highest BCUT2D eigenvalue weighted by atomic mass is 32.1. The molecule has 1 aliphatic rings. The van der Waals surface area contributed by atoms with E-state index in [1.165, 1.54) is 4.88 Å². The van der Waals surface area contributed by atoms with Crippen LogP contribution >= 0.6 is 11.3 Å². The largest absolute Gasteiger partial charge is 0.240 e. The first kappa shape index (κ1) is 10.7. The number of thiazole rings is 1. The third-order valence-electron chi connectivity index (χ3n) is 2.96. The molecule has 0 spiro atoms. The third-order valence-corrected chi connectivity index (χ3v) is 4.08. The Morgan fingerprint density at radius 2 is 2.24 bits per heavy atom. The number of benzene rings is 1. The topological polar surface area (TPSA) is 12.9 Å². The SMILES string of the molecule is Cc1ccc(-c2nc3c(s2)C=CCC3)cc1F. The van der Waals surface area contributed by atoms with Crippen molar-refractivity contribution in [3.63, 3.8) is 0 Å². The number of nitrogens with zero attached hydrogens (tertiary/aromatic N) is 1. The van der Waals surface area contributed by atoms with Gasteiger partial charge in [0.1, 0.15) is 10.8 Å². The van der Waals surface area contributed by atoms with Crippen LogP contribution in [0.1, 0.15) is 22.6 Å². The molecule has 0 bridgehead atoms. The molecule has 1 aromatic carbocycles. The number of hydrogen-bond acceptors (Lipinski definition) is 2. The van der Waals surface area contributed by atoms with Crippen LogP contribution in [-0.4, -0.2) is 4.98 Å². The minimum Gasteiger partial charge on any atom is -0.240 e. The van der Waals surface area contributed by atoms with E-state index in [2.05, 4.69) is 17.1 Å². The lowest BCUT2D eigenvalue weighted by Gasteiger charge is -2.00.